The number of terminal acetylenes is 1. The van der Waals surface area contributed by atoms with Gasteiger partial charge in [-0.05, 0) is 51.2 Å². The standard InChI is InChI=1S/C21H28N2O3/c1-3-15(2)23-18-14-21(11-7-13-25-21)12-10-17(18)19(20(22)24)26-16-8-5-4-6-9-16/h1,4-6,8-9,15,17-19,23H,7,10-14H2,2H3,(H2,22,24). The Morgan fingerprint density at radius 1 is 1.42 bits per heavy atom. The molecule has 5 atom stereocenters. The molecule has 1 saturated carbocycles. The molecule has 1 saturated heterocycles. The Labute approximate surface area is 155 Å². The van der Waals surface area contributed by atoms with Gasteiger partial charge in [-0.1, -0.05) is 24.1 Å². The lowest BCUT2D eigenvalue weighted by molar-refractivity contribution is -0.130. The molecule has 5 unspecified atom stereocenters. The molecule has 1 spiro atoms. The third kappa shape index (κ3) is 4.20. The quantitative estimate of drug-likeness (QED) is 0.767. The molecule has 5 heteroatoms. The number of hydrogen-bond donors (Lipinski definition) is 2. The maximum absolute atomic E-state index is 12.2. The molecule has 1 heterocycles. The summed E-state index contributed by atoms with van der Waals surface area (Å²) < 4.78 is 12.1. The predicted molar refractivity (Wildman–Crippen MR) is 101 cm³/mol. The molecule has 1 aromatic rings. The van der Waals surface area contributed by atoms with Crippen LogP contribution in [0.3, 0.4) is 0 Å². The highest BCUT2D eigenvalue weighted by Crippen LogP contribution is 2.43. The van der Waals surface area contributed by atoms with Gasteiger partial charge in [-0.15, -0.1) is 6.42 Å². The Morgan fingerprint density at radius 3 is 2.81 bits per heavy atom. The van der Waals surface area contributed by atoms with Gasteiger partial charge < -0.3 is 20.5 Å². The molecule has 1 aliphatic heterocycles. The Balaban J connectivity index is 1.81. The smallest absolute Gasteiger partial charge is 0.258 e. The van der Waals surface area contributed by atoms with E-state index in [9.17, 15) is 4.79 Å². The number of carbonyl (C=O) groups excluding carboxylic acids is 1. The first-order valence-electron chi connectivity index (χ1n) is 9.40. The van der Waals surface area contributed by atoms with Gasteiger partial charge in [-0.25, -0.2) is 0 Å². The first-order chi connectivity index (χ1) is 12.5. The first kappa shape index (κ1) is 18.8. The number of primary amides is 1. The lowest BCUT2D eigenvalue weighted by Gasteiger charge is -2.44. The van der Waals surface area contributed by atoms with Crippen LogP contribution in [0.5, 0.6) is 5.75 Å². The van der Waals surface area contributed by atoms with Crippen LogP contribution in [0, 0.1) is 18.3 Å². The summed E-state index contributed by atoms with van der Waals surface area (Å²) in [5, 5.41) is 3.49. The number of ether oxygens (including phenoxy) is 2. The average molecular weight is 356 g/mol. The van der Waals surface area contributed by atoms with Crippen molar-refractivity contribution < 1.29 is 14.3 Å². The van der Waals surface area contributed by atoms with E-state index in [1.165, 1.54) is 0 Å². The molecular weight excluding hydrogens is 328 g/mol. The van der Waals surface area contributed by atoms with Gasteiger partial charge in [0.05, 0.1) is 11.6 Å². The zero-order valence-corrected chi connectivity index (χ0v) is 15.3. The van der Waals surface area contributed by atoms with Gasteiger partial charge in [-0.2, -0.15) is 0 Å². The number of nitrogens with one attached hydrogen (secondary N) is 1. The summed E-state index contributed by atoms with van der Waals surface area (Å²) in [6.07, 6.45) is 9.58. The lowest BCUT2D eigenvalue weighted by Crippen LogP contribution is -2.57. The van der Waals surface area contributed by atoms with E-state index in [0.29, 0.717) is 5.75 Å². The van der Waals surface area contributed by atoms with Crippen LogP contribution in [0.4, 0.5) is 0 Å². The Kier molecular flexibility index (Phi) is 5.85. The van der Waals surface area contributed by atoms with Crippen LogP contribution in [0.2, 0.25) is 0 Å². The summed E-state index contributed by atoms with van der Waals surface area (Å²) in [6, 6.07) is 9.28. The normalized spacial score (nSPS) is 30.5. The molecule has 1 aliphatic carbocycles. The van der Waals surface area contributed by atoms with Gasteiger partial charge in [0.25, 0.3) is 5.91 Å². The zero-order chi connectivity index (χ0) is 18.6. The van der Waals surface area contributed by atoms with Crippen molar-refractivity contribution in [2.24, 2.45) is 11.7 Å². The molecule has 26 heavy (non-hydrogen) atoms. The fourth-order valence-corrected chi connectivity index (χ4v) is 4.31. The van der Waals surface area contributed by atoms with Crippen molar-refractivity contribution in [3.05, 3.63) is 30.3 Å². The SMILES string of the molecule is C#CC(C)NC1CC2(CCCO2)CCC1C(Oc1ccccc1)C(N)=O. The average Bonchev–Trinajstić information content (AvgIpc) is 3.09. The second kappa shape index (κ2) is 8.11. The molecular formula is C21H28N2O3. The van der Waals surface area contributed by atoms with E-state index in [0.717, 1.165) is 38.7 Å². The minimum absolute atomic E-state index is 0.0223. The number of benzene rings is 1. The monoisotopic (exact) mass is 356 g/mol. The second-order valence-corrected chi connectivity index (χ2v) is 7.46. The van der Waals surface area contributed by atoms with Crippen molar-refractivity contribution in [1.29, 1.82) is 0 Å². The number of carbonyl (C=O) groups is 1. The topological polar surface area (TPSA) is 73.6 Å². The molecule has 3 rings (SSSR count). The van der Waals surface area contributed by atoms with E-state index < -0.39 is 12.0 Å². The Morgan fingerprint density at radius 2 is 2.19 bits per heavy atom. The molecule has 1 aromatic carbocycles. The van der Waals surface area contributed by atoms with E-state index >= 15 is 0 Å². The van der Waals surface area contributed by atoms with Crippen LogP contribution in [0.1, 0.15) is 39.0 Å². The minimum Gasteiger partial charge on any atom is -0.480 e. The molecule has 140 valence electrons. The van der Waals surface area contributed by atoms with Crippen LogP contribution in [0.15, 0.2) is 30.3 Å². The highest BCUT2D eigenvalue weighted by molar-refractivity contribution is 5.79. The third-order valence-corrected chi connectivity index (χ3v) is 5.62. The molecule has 2 aliphatic rings. The van der Waals surface area contributed by atoms with Gasteiger partial charge in [0.1, 0.15) is 5.75 Å². The van der Waals surface area contributed by atoms with Crippen molar-refractivity contribution in [3.63, 3.8) is 0 Å². The van der Waals surface area contributed by atoms with Crippen LogP contribution >= 0.6 is 0 Å². The van der Waals surface area contributed by atoms with E-state index in [1.807, 2.05) is 37.3 Å². The molecule has 2 fully saturated rings. The summed E-state index contributed by atoms with van der Waals surface area (Å²) >= 11 is 0. The largest absolute Gasteiger partial charge is 0.480 e. The Hall–Kier alpha value is -2.03. The Bertz CT molecular complexity index is 649. The molecule has 5 nitrogen and oxygen atoms in total. The van der Waals surface area contributed by atoms with Crippen LogP contribution in [0.25, 0.3) is 0 Å². The minimum atomic E-state index is -0.696. The summed E-state index contributed by atoms with van der Waals surface area (Å²) in [4.78, 5) is 12.2. The summed E-state index contributed by atoms with van der Waals surface area (Å²) in [7, 11) is 0. The highest BCUT2D eigenvalue weighted by Gasteiger charge is 2.47. The number of para-hydroxylation sites is 1. The van der Waals surface area contributed by atoms with Crippen molar-refractivity contribution in [2.45, 2.75) is 62.8 Å². The van der Waals surface area contributed by atoms with E-state index in [1.54, 1.807) is 0 Å². The van der Waals surface area contributed by atoms with E-state index in [4.69, 9.17) is 21.6 Å². The van der Waals surface area contributed by atoms with E-state index in [-0.39, 0.29) is 23.6 Å². The van der Waals surface area contributed by atoms with Gasteiger partial charge in [0.2, 0.25) is 0 Å². The van der Waals surface area contributed by atoms with Crippen molar-refractivity contribution in [3.8, 4) is 18.1 Å². The summed E-state index contributed by atoms with van der Waals surface area (Å²) in [5.74, 6) is 2.89. The zero-order valence-electron chi connectivity index (χ0n) is 15.3. The van der Waals surface area contributed by atoms with Gasteiger partial charge >= 0.3 is 0 Å². The van der Waals surface area contributed by atoms with Gasteiger partial charge in [0, 0.05) is 18.6 Å². The number of amides is 1. The first-order valence-corrected chi connectivity index (χ1v) is 9.40. The van der Waals surface area contributed by atoms with Gasteiger partial charge in [-0.3, -0.25) is 4.79 Å². The summed E-state index contributed by atoms with van der Waals surface area (Å²) in [5.41, 5.74) is 5.62. The van der Waals surface area contributed by atoms with Crippen molar-refractivity contribution >= 4 is 5.91 Å². The molecule has 0 radical (unpaired) electrons. The molecule has 0 bridgehead atoms. The third-order valence-electron chi connectivity index (χ3n) is 5.62. The maximum Gasteiger partial charge on any atom is 0.258 e. The fraction of sp³-hybridized carbons (Fsp3) is 0.571. The number of hydrogen-bond acceptors (Lipinski definition) is 4. The van der Waals surface area contributed by atoms with Crippen molar-refractivity contribution in [2.75, 3.05) is 6.61 Å². The van der Waals surface area contributed by atoms with Crippen LogP contribution in [-0.4, -0.2) is 36.3 Å². The van der Waals surface area contributed by atoms with Crippen molar-refractivity contribution in [1.82, 2.24) is 5.32 Å². The highest BCUT2D eigenvalue weighted by atomic mass is 16.5. The second-order valence-electron chi connectivity index (χ2n) is 7.46. The number of nitrogens with two attached hydrogens (primary N) is 1. The predicted octanol–water partition coefficient (Wildman–Crippen LogP) is 2.25. The van der Waals surface area contributed by atoms with Crippen LogP contribution in [-0.2, 0) is 9.53 Å². The maximum atomic E-state index is 12.2. The fourth-order valence-electron chi connectivity index (χ4n) is 4.31. The molecule has 1 amide bonds. The molecule has 3 N–H and O–H groups in total. The van der Waals surface area contributed by atoms with Gasteiger partial charge in [0.15, 0.2) is 6.10 Å². The molecule has 0 aromatic heterocycles. The van der Waals surface area contributed by atoms with E-state index in [2.05, 4.69) is 11.2 Å². The summed E-state index contributed by atoms with van der Waals surface area (Å²) in [6.45, 7) is 2.76. The van der Waals surface area contributed by atoms with Crippen LogP contribution < -0.4 is 15.8 Å². The lowest BCUT2D eigenvalue weighted by atomic mass is 9.71. The number of rotatable bonds is 6.